The van der Waals surface area contributed by atoms with Crippen LogP contribution in [0.15, 0.2) is 24.3 Å². The number of hydrogen-bond donors (Lipinski definition) is 1. The molecule has 2 rings (SSSR count). The molecule has 1 aromatic rings. The van der Waals surface area contributed by atoms with Crippen molar-refractivity contribution < 1.29 is 0 Å². The van der Waals surface area contributed by atoms with E-state index in [4.69, 9.17) is 0 Å². The normalized spacial score (nSPS) is 21.1. The Kier molecular flexibility index (Phi) is 5.22. The summed E-state index contributed by atoms with van der Waals surface area (Å²) in [6.07, 6.45) is 2.63. The van der Waals surface area contributed by atoms with Crippen LogP contribution in [0.5, 0.6) is 0 Å². The van der Waals surface area contributed by atoms with Gasteiger partial charge in [-0.25, -0.2) is 0 Å². The predicted octanol–water partition coefficient (Wildman–Crippen LogP) is 3.60. The van der Waals surface area contributed by atoms with Crippen molar-refractivity contribution in [1.82, 2.24) is 10.2 Å². The second kappa shape index (κ2) is 6.73. The first-order valence-corrected chi connectivity index (χ1v) is 7.94. The van der Waals surface area contributed by atoms with Crippen LogP contribution in [0, 0.1) is 12.3 Å². The fraction of sp³-hybridized carbons (Fsp3) is 0.667. The van der Waals surface area contributed by atoms with E-state index in [0.29, 0.717) is 11.5 Å². The van der Waals surface area contributed by atoms with Gasteiger partial charge in [-0.2, -0.15) is 0 Å². The topological polar surface area (TPSA) is 15.3 Å². The van der Waals surface area contributed by atoms with Crippen molar-refractivity contribution in [2.75, 3.05) is 19.6 Å². The molecule has 0 aromatic heterocycles. The third-order valence-corrected chi connectivity index (χ3v) is 3.92. The fourth-order valence-corrected chi connectivity index (χ4v) is 2.88. The van der Waals surface area contributed by atoms with E-state index in [9.17, 15) is 0 Å². The Bertz CT molecular complexity index is 420. The maximum absolute atomic E-state index is 3.75. The van der Waals surface area contributed by atoms with Gasteiger partial charge < -0.3 is 5.32 Å². The molecule has 2 nitrogen and oxygen atoms in total. The van der Waals surface area contributed by atoms with Crippen LogP contribution in [0.4, 0.5) is 0 Å². The van der Waals surface area contributed by atoms with Crippen molar-refractivity contribution in [3.8, 4) is 0 Å². The number of piperidine rings is 1. The molecule has 1 aromatic carbocycles. The molecule has 0 aliphatic carbocycles. The first kappa shape index (κ1) is 15.5. The minimum absolute atomic E-state index is 0.374. The van der Waals surface area contributed by atoms with Gasteiger partial charge in [-0.05, 0) is 37.3 Å². The van der Waals surface area contributed by atoms with Crippen molar-refractivity contribution in [2.24, 2.45) is 5.41 Å². The molecular weight excluding hydrogens is 244 g/mol. The first-order valence-electron chi connectivity index (χ1n) is 7.94. The highest BCUT2D eigenvalue weighted by Gasteiger charge is 2.21. The average molecular weight is 274 g/mol. The predicted molar refractivity (Wildman–Crippen MR) is 86.9 cm³/mol. The molecule has 0 saturated carbocycles. The summed E-state index contributed by atoms with van der Waals surface area (Å²) in [4.78, 5) is 2.60. The summed E-state index contributed by atoms with van der Waals surface area (Å²) in [5.74, 6) is 0. The molecule has 0 radical (unpaired) electrons. The van der Waals surface area contributed by atoms with E-state index in [1.54, 1.807) is 0 Å². The summed E-state index contributed by atoms with van der Waals surface area (Å²) in [6.45, 7) is 13.7. The van der Waals surface area contributed by atoms with Gasteiger partial charge in [0.25, 0.3) is 0 Å². The van der Waals surface area contributed by atoms with Crippen LogP contribution in [0.25, 0.3) is 0 Å². The zero-order chi connectivity index (χ0) is 14.6. The van der Waals surface area contributed by atoms with Gasteiger partial charge in [0.15, 0.2) is 0 Å². The minimum atomic E-state index is 0.374. The lowest BCUT2D eigenvalue weighted by Crippen LogP contribution is -2.47. The highest BCUT2D eigenvalue weighted by Crippen LogP contribution is 2.16. The zero-order valence-electron chi connectivity index (χ0n) is 13.6. The standard InChI is InChI=1S/C18H30N2/c1-15-7-5-8-16(11-15)12-20-10-6-9-17(13-20)19-14-18(2,3)4/h5,7-8,11,17,19H,6,9-10,12-14H2,1-4H3. The lowest BCUT2D eigenvalue weighted by atomic mass is 9.95. The molecule has 1 aliphatic rings. The molecule has 0 amide bonds. The Morgan fingerprint density at radius 3 is 2.80 bits per heavy atom. The monoisotopic (exact) mass is 274 g/mol. The summed E-state index contributed by atoms with van der Waals surface area (Å²) < 4.78 is 0. The summed E-state index contributed by atoms with van der Waals surface area (Å²) in [5, 5.41) is 3.75. The van der Waals surface area contributed by atoms with Crippen molar-refractivity contribution >= 4 is 0 Å². The maximum Gasteiger partial charge on any atom is 0.0234 e. The van der Waals surface area contributed by atoms with Crippen molar-refractivity contribution in [3.05, 3.63) is 35.4 Å². The van der Waals surface area contributed by atoms with Gasteiger partial charge >= 0.3 is 0 Å². The highest BCUT2D eigenvalue weighted by molar-refractivity contribution is 5.22. The summed E-state index contributed by atoms with van der Waals surface area (Å²) in [7, 11) is 0. The molecule has 1 unspecified atom stereocenters. The van der Waals surface area contributed by atoms with Gasteiger partial charge in [0.2, 0.25) is 0 Å². The molecule has 1 aliphatic heterocycles. The quantitative estimate of drug-likeness (QED) is 0.902. The Labute approximate surface area is 124 Å². The van der Waals surface area contributed by atoms with Crippen LogP contribution in [0.2, 0.25) is 0 Å². The SMILES string of the molecule is Cc1cccc(CN2CCCC(NCC(C)(C)C)C2)c1. The van der Waals surface area contributed by atoms with Crippen LogP contribution in [-0.2, 0) is 6.54 Å². The van der Waals surface area contributed by atoms with Crippen LogP contribution in [0.1, 0.15) is 44.7 Å². The summed E-state index contributed by atoms with van der Waals surface area (Å²) in [6, 6.07) is 9.57. The first-order chi connectivity index (χ1) is 9.42. The fourth-order valence-electron chi connectivity index (χ4n) is 2.88. The van der Waals surface area contributed by atoms with Gasteiger partial charge in [-0.1, -0.05) is 50.6 Å². The third-order valence-electron chi connectivity index (χ3n) is 3.92. The Hall–Kier alpha value is -0.860. The largest absolute Gasteiger partial charge is 0.312 e. The van der Waals surface area contributed by atoms with Crippen LogP contribution >= 0.6 is 0 Å². The van der Waals surface area contributed by atoms with E-state index in [0.717, 1.165) is 13.1 Å². The van der Waals surface area contributed by atoms with E-state index < -0.39 is 0 Å². The average Bonchev–Trinajstić information content (AvgIpc) is 2.36. The molecule has 1 saturated heterocycles. The van der Waals surface area contributed by atoms with Crippen molar-refractivity contribution in [1.29, 1.82) is 0 Å². The van der Waals surface area contributed by atoms with Crippen molar-refractivity contribution in [3.63, 3.8) is 0 Å². The van der Waals surface area contributed by atoms with E-state index in [1.807, 2.05) is 0 Å². The van der Waals surface area contributed by atoms with Gasteiger partial charge in [-0.3, -0.25) is 4.90 Å². The highest BCUT2D eigenvalue weighted by atomic mass is 15.2. The Morgan fingerprint density at radius 2 is 2.10 bits per heavy atom. The van der Waals surface area contributed by atoms with Crippen LogP contribution in [-0.4, -0.2) is 30.6 Å². The Morgan fingerprint density at radius 1 is 1.30 bits per heavy atom. The van der Waals surface area contributed by atoms with E-state index >= 15 is 0 Å². The van der Waals surface area contributed by atoms with Gasteiger partial charge in [0.1, 0.15) is 0 Å². The Balaban J connectivity index is 1.84. The second-order valence-electron chi connectivity index (χ2n) is 7.50. The number of benzene rings is 1. The molecule has 0 spiro atoms. The van der Waals surface area contributed by atoms with Crippen LogP contribution < -0.4 is 5.32 Å². The molecule has 1 fully saturated rings. The third kappa shape index (κ3) is 5.26. The molecule has 20 heavy (non-hydrogen) atoms. The molecule has 2 heteroatoms. The lowest BCUT2D eigenvalue weighted by Gasteiger charge is -2.35. The number of rotatable bonds is 4. The van der Waals surface area contributed by atoms with Crippen LogP contribution in [0.3, 0.4) is 0 Å². The number of nitrogens with zero attached hydrogens (tertiary/aromatic N) is 1. The summed E-state index contributed by atoms with van der Waals surface area (Å²) >= 11 is 0. The van der Waals surface area contributed by atoms with Gasteiger partial charge in [-0.15, -0.1) is 0 Å². The number of aryl methyl sites for hydroxylation is 1. The van der Waals surface area contributed by atoms with E-state index in [1.165, 1.54) is 37.1 Å². The number of likely N-dealkylation sites (tertiary alicyclic amines) is 1. The van der Waals surface area contributed by atoms with E-state index in [-0.39, 0.29) is 0 Å². The second-order valence-corrected chi connectivity index (χ2v) is 7.50. The van der Waals surface area contributed by atoms with E-state index in [2.05, 4.69) is 62.2 Å². The molecule has 0 bridgehead atoms. The van der Waals surface area contributed by atoms with Gasteiger partial charge in [0, 0.05) is 25.7 Å². The molecule has 1 heterocycles. The minimum Gasteiger partial charge on any atom is -0.312 e. The number of nitrogens with one attached hydrogen (secondary N) is 1. The van der Waals surface area contributed by atoms with Crippen molar-refractivity contribution in [2.45, 2.75) is 53.1 Å². The molecule has 112 valence electrons. The molecular formula is C18H30N2. The zero-order valence-corrected chi connectivity index (χ0v) is 13.6. The summed E-state index contributed by atoms with van der Waals surface area (Å²) in [5.41, 5.74) is 3.18. The number of hydrogen-bond acceptors (Lipinski definition) is 2. The van der Waals surface area contributed by atoms with Gasteiger partial charge in [0.05, 0.1) is 0 Å². The lowest BCUT2D eigenvalue weighted by molar-refractivity contribution is 0.175. The maximum atomic E-state index is 3.75. The molecule has 1 N–H and O–H groups in total. The molecule has 1 atom stereocenters. The smallest absolute Gasteiger partial charge is 0.0234 e.